The molecule has 384 valence electrons. The number of ketones is 2. The number of aryl methyl sites for hydroxylation is 2. The number of benzene rings is 2. The highest BCUT2D eigenvalue weighted by atomic mass is 32.1. The lowest BCUT2D eigenvalue weighted by atomic mass is 10.1. The van der Waals surface area contributed by atoms with Crippen molar-refractivity contribution in [2.24, 2.45) is 0 Å². The van der Waals surface area contributed by atoms with Gasteiger partial charge >= 0.3 is 5.97 Å². The largest absolute Gasteiger partial charge is 0.478 e. The Labute approximate surface area is 437 Å². The smallest absolute Gasteiger partial charge is 0.337 e. The summed E-state index contributed by atoms with van der Waals surface area (Å²) in [6.07, 6.45) is 10.6. The first-order chi connectivity index (χ1) is 36.6. The summed E-state index contributed by atoms with van der Waals surface area (Å²) in [6, 6.07) is 24.1. The minimum absolute atomic E-state index is 0.00844. The number of carbonyl (C=O) groups excluding carboxylic acids is 3. The van der Waals surface area contributed by atoms with Gasteiger partial charge in [-0.05, 0) is 116 Å². The maximum absolute atomic E-state index is 13.6. The molecule has 0 saturated carbocycles. The number of carboxylic acids is 1. The number of halogens is 4. The number of hydrogen-bond acceptors (Lipinski definition) is 10. The number of carboxylic acid groups (broad SMARTS) is 1. The molecule has 8 heterocycles. The molecule has 8 aromatic heterocycles. The summed E-state index contributed by atoms with van der Waals surface area (Å²) in [5, 5.41) is 13.6. The average Bonchev–Trinajstić information content (AvgIpc) is 4.26. The minimum Gasteiger partial charge on any atom is -0.478 e. The number of aromatic nitrogens is 6. The fourth-order valence-corrected chi connectivity index (χ4v) is 10.5. The standard InChI is InChI=1S/C29H24F2N4O3S.C27H19F2N3O4S/c1-2-32-28(37)18-13-21-22(15-34-27(21)33-14-18)26-10-7-19(39-26)6-9-25(36)20-4-3-11-35(29(20)38)16-17-5-8-23(30)24(31)12-17;28-21-6-3-15(10-22(21)29)14-32-9-1-2-18(26(32)34)23(33)7-4-17-5-8-24(37-17)20-13-31-25-19(20)11-16(12-30-25)27(35)36/h3-5,7-8,10-15H,2,6,9,16H2,1H3,(H,32,37)(H,33,34);1-3,5-6,8-13H,4,7,14H2,(H,30,31)(H,35,36). The molecule has 0 fully saturated rings. The Bertz CT molecular complexity index is 3990. The lowest BCUT2D eigenvalue weighted by Gasteiger charge is -2.08. The van der Waals surface area contributed by atoms with Crippen molar-refractivity contribution in [2.75, 3.05) is 6.54 Å². The normalized spacial score (nSPS) is 11.2. The van der Waals surface area contributed by atoms with E-state index < -0.39 is 40.4 Å². The predicted molar refractivity (Wildman–Crippen MR) is 281 cm³/mol. The van der Waals surface area contributed by atoms with Crippen molar-refractivity contribution in [2.45, 2.75) is 45.7 Å². The van der Waals surface area contributed by atoms with Crippen LogP contribution in [0.3, 0.4) is 0 Å². The molecule has 10 rings (SSSR count). The number of H-pyrrole nitrogens is 2. The number of carbonyl (C=O) groups is 4. The summed E-state index contributed by atoms with van der Waals surface area (Å²) in [5.74, 6) is -5.78. The van der Waals surface area contributed by atoms with Crippen molar-refractivity contribution in [1.29, 1.82) is 0 Å². The van der Waals surface area contributed by atoms with E-state index in [1.165, 1.54) is 80.9 Å². The highest BCUT2D eigenvalue weighted by Crippen LogP contribution is 2.36. The molecule has 0 aliphatic heterocycles. The van der Waals surface area contributed by atoms with Crippen LogP contribution in [-0.2, 0) is 25.9 Å². The Kier molecular flexibility index (Phi) is 15.5. The van der Waals surface area contributed by atoms with Gasteiger partial charge in [0.05, 0.1) is 35.3 Å². The third-order valence-electron chi connectivity index (χ3n) is 12.3. The third-order valence-corrected chi connectivity index (χ3v) is 14.6. The second kappa shape index (κ2) is 22.7. The molecule has 1 amide bonds. The van der Waals surface area contributed by atoms with Gasteiger partial charge in [0.15, 0.2) is 34.8 Å². The molecule has 0 unspecified atom stereocenters. The number of fused-ring (bicyclic) bond motifs is 2. The first-order valence-corrected chi connectivity index (χ1v) is 25.2. The molecular weight excluding hydrogens is 1020 g/mol. The SMILES string of the molecule is CCNC(=O)c1cnc2[nH]cc(-c3ccc(CCC(=O)c4cccn(Cc5ccc(F)c(F)c5)c4=O)s3)c2c1.O=C(O)c1cnc2[nH]cc(-c3ccc(CCC(=O)c4cccn(Cc5ccc(F)c(F)c5)c4=O)s3)c2c1. The monoisotopic (exact) mass is 1070 g/mol. The van der Waals surface area contributed by atoms with E-state index in [0.717, 1.165) is 60.3 Å². The van der Waals surface area contributed by atoms with Gasteiger partial charge in [-0.15, -0.1) is 22.7 Å². The summed E-state index contributed by atoms with van der Waals surface area (Å²) in [6.45, 7) is 2.41. The van der Waals surface area contributed by atoms with Crippen LogP contribution in [0.5, 0.6) is 0 Å². The molecule has 0 spiro atoms. The zero-order chi connectivity index (χ0) is 53.6. The van der Waals surface area contributed by atoms with E-state index in [9.17, 15) is 51.4 Å². The third kappa shape index (κ3) is 11.6. The van der Waals surface area contributed by atoms with E-state index in [4.69, 9.17) is 0 Å². The molecule has 14 nitrogen and oxygen atoms in total. The number of nitrogens with one attached hydrogen (secondary N) is 3. The molecular formula is C56H43F4N7O7S2. The van der Waals surface area contributed by atoms with Crippen LogP contribution in [0.1, 0.15) is 82.1 Å². The van der Waals surface area contributed by atoms with Gasteiger partial charge in [-0.25, -0.2) is 32.3 Å². The van der Waals surface area contributed by atoms with Crippen molar-refractivity contribution in [1.82, 2.24) is 34.4 Å². The van der Waals surface area contributed by atoms with E-state index >= 15 is 0 Å². The fraction of sp³-hybridized carbons (Fsp3) is 0.143. The van der Waals surface area contributed by atoms with Crippen molar-refractivity contribution in [3.8, 4) is 20.9 Å². The van der Waals surface area contributed by atoms with Crippen molar-refractivity contribution in [3.63, 3.8) is 0 Å². The first kappa shape index (κ1) is 52.0. The second-order valence-corrected chi connectivity index (χ2v) is 19.7. The second-order valence-electron chi connectivity index (χ2n) is 17.4. The molecule has 4 N–H and O–H groups in total. The number of rotatable bonds is 17. The molecule has 0 atom stereocenters. The number of nitrogens with zero attached hydrogens (tertiary/aromatic N) is 4. The van der Waals surface area contributed by atoms with Gasteiger partial charge < -0.3 is 29.5 Å². The summed E-state index contributed by atoms with van der Waals surface area (Å²) < 4.78 is 56.1. The average molecular weight is 1070 g/mol. The number of aromatic amines is 2. The molecule has 0 aliphatic carbocycles. The zero-order valence-corrected chi connectivity index (χ0v) is 41.8. The van der Waals surface area contributed by atoms with Gasteiger partial charge in [0, 0.05) is 98.0 Å². The summed E-state index contributed by atoms with van der Waals surface area (Å²) in [7, 11) is 0. The number of thiophene rings is 2. The lowest BCUT2D eigenvalue weighted by molar-refractivity contribution is 0.0695. The summed E-state index contributed by atoms with van der Waals surface area (Å²) in [5.41, 5.74) is 3.48. The first-order valence-electron chi connectivity index (χ1n) is 23.6. The van der Waals surface area contributed by atoms with Crippen molar-refractivity contribution < 1.29 is 41.8 Å². The quantitative estimate of drug-likeness (QED) is 0.0506. The van der Waals surface area contributed by atoms with E-state index in [1.54, 1.807) is 24.4 Å². The summed E-state index contributed by atoms with van der Waals surface area (Å²) in [4.78, 5) is 93.6. The Morgan fingerprint density at radius 3 is 1.51 bits per heavy atom. The number of aromatic carboxylic acids is 1. The number of hydrogen-bond donors (Lipinski definition) is 4. The molecule has 20 heteroatoms. The van der Waals surface area contributed by atoms with Gasteiger partial charge in [0.25, 0.3) is 17.0 Å². The van der Waals surface area contributed by atoms with Gasteiger partial charge in [-0.2, -0.15) is 0 Å². The maximum atomic E-state index is 13.6. The predicted octanol–water partition coefficient (Wildman–Crippen LogP) is 10.6. The van der Waals surface area contributed by atoms with E-state index in [1.807, 2.05) is 43.5 Å². The number of Topliss-reactive ketones (excluding diaryl/α,β-unsaturated/α-hetero) is 2. The lowest BCUT2D eigenvalue weighted by Crippen LogP contribution is -2.26. The Morgan fingerprint density at radius 1 is 0.605 bits per heavy atom. The molecule has 10 aromatic rings. The van der Waals surface area contributed by atoms with Crippen LogP contribution < -0.4 is 16.4 Å². The Balaban J connectivity index is 0.000000186. The van der Waals surface area contributed by atoms with Crippen LogP contribution in [-0.4, -0.2) is 64.2 Å². The number of amides is 1. The van der Waals surface area contributed by atoms with E-state index in [-0.39, 0.29) is 60.1 Å². The maximum Gasteiger partial charge on any atom is 0.337 e. The minimum atomic E-state index is -1.06. The van der Waals surface area contributed by atoms with Crippen molar-refractivity contribution in [3.05, 3.63) is 221 Å². The Morgan fingerprint density at radius 2 is 1.07 bits per heavy atom. The van der Waals surface area contributed by atoms with Crippen LogP contribution in [0.2, 0.25) is 0 Å². The van der Waals surface area contributed by atoms with Gasteiger partial charge in [-0.1, -0.05) is 12.1 Å². The molecule has 0 radical (unpaired) electrons. The van der Waals surface area contributed by atoms with Crippen LogP contribution in [0.15, 0.2) is 144 Å². The van der Waals surface area contributed by atoms with Crippen LogP contribution in [0, 0.1) is 23.3 Å². The molecule has 76 heavy (non-hydrogen) atoms. The summed E-state index contributed by atoms with van der Waals surface area (Å²) >= 11 is 3.00. The highest BCUT2D eigenvalue weighted by molar-refractivity contribution is 7.16. The highest BCUT2D eigenvalue weighted by Gasteiger charge is 2.19. The molecule has 0 saturated heterocycles. The Hall–Kier alpha value is -8.88. The van der Waals surface area contributed by atoms with Crippen LogP contribution in [0.25, 0.3) is 42.9 Å². The van der Waals surface area contributed by atoms with Gasteiger partial charge in [0.2, 0.25) is 0 Å². The number of pyridine rings is 4. The van der Waals surface area contributed by atoms with Crippen molar-refractivity contribution >= 4 is 68.2 Å². The van der Waals surface area contributed by atoms with E-state index in [2.05, 4.69) is 25.3 Å². The van der Waals surface area contributed by atoms with Gasteiger partial charge in [-0.3, -0.25) is 24.0 Å². The molecule has 2 aromatic carbocycles. The van der Waals surface area contributed by atoms with E-state index in [0.29, 0.717) is 52.8 Å². The van der Waals surface area contributed by atoms with Crippen LogP contribution in [0.4, 0.5) is 17.6 Å². The molecule has 0 bridgehead atoms. The van der Waals surface area contributed by atoms with Gasteiger partial charge in [0.1, 0.15) is 11.3 Å². The van der Waals surface area contributed by atoms with Crippen LogP contribution >= 0.6 is 22.7 Å². The fourth-order valence-electron chi connectivity index (χ4n) is 8.39. The zero-order valence-electron chi connectivity index (χ0n) is 40.2. The molecule has 0 aliphatic rings. The topological polar surface area (TPSA) is 202 Å².